The lowest BCUT2D eigenvalue weighted by molar-refractivity contribution is 1.35. The predicted octanol–water partition coefficient (Wildman–Crippen LogP) is 3.44. The van der Waals surface area contributed by atoms with E-state index < -0.39 is 0 Å². The van der Waals surface area contributed by atoms with Gasteiger partial charge in [0, 0.05) is 5.70 Å². The van der Waals surface area contributed by atoms with Gasteiger partial charge in [-0.2, -0.15) is 0 Å². The standard InChI is InChI=1S/C4H7N.C3H6.C2H6/c1-4(2)5-3;1-3-2;1-2/h1,3H2,2H3;3H,1H2,2H3;1-2H3. The molecule has 0 aliphatic rings. The van der Waals surface area contributed by atoms with Crippen LogP contribution in [0.15, 0.2) is 29.9 Å². The summed E-state index contributed by atoms with van der Waals surface area (Å²) in [6, 6.07) is 0. The lowest BCUT2D eigenvalue weighted by atomic mass is 10.6. The molecule has 0 radical (unpaired) electrons. The van der Waals surface area contributed by atoms with E-state index >= 15 is 0 Å². The van der Waals surface area contributed by atoms with Gasteiger partial charge in [0.25, 0.3) is 0 Å². The fourth-order valence-corrected chi connectivity index (χ4v) is 0. The molecule has 0 aliphatic carbocycles. The van der Waals surface area contributed by atoms with Gasteiger partial charge in [-0.15, -0.1) is 6.58 Å². The van der Waals surface area contributed by atoms with E-state index in [2.05, 4.69) is 24.9 Å². The van der Waals surface area contributed by atoms with E-state index in [0.29, 0.717) is 0 Å². The summed E-state index contributed by atoms with van der Waals surface area (Å²) in [6.45, 7) is 17.7. The molecule has 1 heteroatoms. The summed E-state index contributed by atoms with van der Waals surface area (Å²) in [5.41, 5.74) is 0.769. The molecule has 0 aromatic rings. The number of hydrogen-bond acceptors (Lipinski definition) is 1. The van der Waals surface area contributed by atoms with Gasteiger partial charge in [-0.1, -0.05) is 26.5 Å². The van der Waals surface area contributed by atoms with Crippen molar-refractivity contribution in [1.82, 2.24) is 0 Å². The van der Waals surface area contributed by atoms with Crippen LogP contribution in [-0.4, -0.2) is 6.72 Å². The molecule has 0 atom stereocenters. The third-order valence-electron chi connectivity index (χ3n) is 0.270. The smallest absolute Gasteiger partial charge is 0.0293 e. The zero-order valence-electron chi connectivity index (χ0n) is 7.65. The fraction of sp³-hybridized carbons (Fsp3) is 0.444. The minimum absolute atomic E-state index is 0.769. The summed E-state index contributed by atoms with van der Waals surface area (Å²) in [6.07, 6.45) is 1.75. The molecule has 0 rings (SSSR count). The van der Waals surface area contributed by atoms with Crippen LogP contribution in [0.3, 0.4) is 0 Å². The lowest BCUT2D eigenvalue weighted by Gasteiger charge is -1.72. The molecule has 0 saturated heterocycles. The molecule has 0 aromatic heterocycles. The Morgan fingerprint density at radius 2 is 1.50 bits per heavy atom. The second-order valence-electron chi connectivity index (χ2n) is 1.30. The van der Waals surface area contributed by atoms with Gasteiger partial charge in [0.1, 0.15) is 0 Å². The minimum atomic E-state index is 0.769. The second kappa shape index (κ2) is 24.2. The first-order valence-corrected chi connectivity index (χ1v) is 3.38. The Morgan fingerprint density at radius 3 is 1.50 bits per heavy atom. The van der Waals surface area contributed by atoms with E-state index in [4.69, 9.17) is 0 Å². The van der Waals surface area contributed by atoms with Crippen LogP contribution in [0.1, 0.15) is 27.7 Å². The molecular weight excluding hydrogens is 122 g/mol. The summed E-state index contributed by atoms with van der Waals surface area (Å²) in [5.74, 6) is 0. The molecule has 60 valence electrons. The van der Waals surface area contributed by atoms with Gasteiger partial charge < -0.3 is 0 Å². The van der Waals surface area contributed by atoms with Crippen molar-refractivity contribution in [3.63, 3.8) is 0 Å². The maximum Gasteiger partial charge on any atom is 0.0293 e. The van der Waals surface area contributed by atoms with Crippen molar-refractivity contribution in [1.29, 1.82) is 0 Å². The van der Waals surface area contributed by atoms with Crippen molar-refractivity contribution >= 4 is 6.72 Å². The molecule has 0 unspecified atom stereocenters. The van der Waals surface area contributed by atoms with Crippen molar-refractivity contribution in [3.8, 4) is 0 Å². The molecule has 0 amide bonds. The zero-order chi connectivity index (χ0) is 8.99. The maximum absolute atomic E-state index is 3.44. The first kappa shape index (κ1) is 16.1. The largest absolute Gasteiger partial charge is 0.270 e. The highest BCUT2D eigenvalue weighted by Gasteiger charge is 1.59. The van der Waals surface area contributed by atoms with Crippen LogP contribution in [-0.2, 0) is 0 Å². The molecule has 10 heavy (non-hydrogen) atoms. The summed E-state index contributed by atoms with van der Waals surface area (Å²) < 4.78 is 0. The van der Waals surface area contributed by atoms with Crippen LogP contribution >= 0.6 is 0 Å². The van der Waals surface area contributed by atoms with E-state index in [9.17, 15) is 0 Å². The topological polar surface area (TPSA) is 12.4 Å². The molecular formula is C9H19N. The SMILES string of the molecule is C=CC.C=NC(=C)C.CC. The number of hydrogen-bond donors (Lipinski definition) is 0. The van der Waals surface area contributed by atoms with E-state index in [-0.39, 0.29) is 0 Å². The second-order valence-corrected chi connectivity index (χ2v) is 1.30. The fourth-order valence-electron chi connectivity index (χ4n) is 0. The highest BCUT2D eigenvalue weighted by Crippen LogP contribution is 1.80. The Hall–Kier alpha value is -0.850. The monoisotopic (exact) mass is 141 g/mol. The van der Waals surface area contributed by atoms with Crippen molar-refractivity contribution < 1.29 is 0 Å². The minimum Gasteiger partial charge on any atom is -0.270 e. The summed E-state index contributed by atoms with van der Waals surface area (Å²) >= 11 is 0. The Bertz CT molecular complexity index is 82.7. The summed E-state index contributed by atoms with van der Waals surface area (Å²) in [7, 11) is 0. The van der Waals surface area contributed by atoms with Crippen molar-refractivity contribution in [2.45, 2.75) is 27.7 Å². The molecule has 1 nitrogen and oxygen atoms in total. The molecule has 0 spiro atoms. The van der Waals surface area contributed by atoms with E-state index in [1.54, 1.807) is 13.0 Å². The van der Waals surface area contributed by atoms with Crippen LogP contribution in [0.5, 0.6) is 0 Å². The number of aliphatic imine (C=N–C) groups is 1. The quantitative estimate of drug-likeness (QED) is 0.392. The molecule has 0 saturated carbocycles. The molecule has 0 heterocycles. The number of nitrogens with zero attached hydrogens (tertiary/aromatic N) is 1. The third kappa shape index (κ3) is 204. The summed E-state index contributed by atoms with van der Waals surface area (Å²) in [5, 5.41) is 0. The van der Waals surface area contributed by atoms with Gasteiger partial charge >= 0.3 is 0 Å². The van der Waals surface area contributed by atoms with Crippen LogP contribution < -0.4 is 0 Å². The van der Waals surface area contributed by atoms with Gasteiger partial charge in [-0.05, 0) is 20.6 Å². The van der Waals surface area contributed by atoms with E-state index in [1.165, 1.54) is 0 Å². The Balaban J connectivity index is -0.0000000847. The van der Waals surface area contributed by atoms with E-state index in [1.807, 2.05) is 20.8 Å². The zero-order valence-corrected chi connectivity index (χ0v) is 7.65. The van der Waals surface area contributed by atoms with Crippen LogP contribution in [0, 0.1) is 0 Å². The van der Waals surface area contributed by atoms with Gasteiger partial charge in [-0.3, -0.25) is 4.99 Å². The molecule has 0 N–H and O–H groups in total. The molecule has 0 bridgehead atoms. The Labute approximate surface area is 65.2 Å². The van der Waals surface area contributed by atoms with Gasteiger partial charge in [0.2, 0.25) is 0 Å². The predicted molar refractivity (Wildman–Crippen MR) is 51.6 cm³/mol. The summed E-state index contributed by atoms with van der Waals surface area (Å²) in [4.78, 5) is 3.44. The van der Waals surface area contributed by atoms with E-state index in [0.717, 1.165) is 5.70 Å². The van der Waals surface area contributed by atoms with Gasteiger partial charge in [-0.25, -0.2) is 0 Å². The average molecular weight is 141 g/mol. The molecule has 0 aromatic carbocycles. The van der Waals surface area contributed by atoms with Crippen molar-refractivity contribution in [2.75, 3.05) is 0 Å². The number of allylic oxidation sites excluding steroid dienone is 2. The molecule has 0 fully saturated rings. The normalized spacial score (nSPS) is 5.20. The molecule has 0 aliphatic heterocycles. The van der Waals surface area contributed by atoms with Crippen molar-refractivity contribution in [2.24, 2.45) is 4.99 Å². The van der Waals surface area contributed by atoms with Gasteiger partial charge in [0.15, 0.2) is 0 Å². The lowest BCUT2D eigenvalue weighted by Crippen LogP contribution is -1.52. The highest BCUT2D eigenvalue weighted by molar-refractivity contribution is 5.27. The van der Waals surface area contributed by atoms with Crippen LogP contribution in [0.4, 0.5) is 0 Å². The Morgan fingerprint density at radius 1 is 1.40 bits per heavy atom. The maximum atomic E-state index is 3.44. The number of rotatable bonds is 1. The third-order valence-corrected chi connectivity index (χ3v) is 0.270. The Kier molecular flexibility index (Phi) is 38.9. The first-order valence-electron chi connectivity index (χ1n) is 3.38. The van der Waals surface area contributed by atoms with Crippen LogP contribution in [0.25, 0.3) is 0 Å². The average Bonchev–Trinajstić information content (AvgIpc) is 1.94. The first-order chi connectivity index (χ1) is 4.68. The van der Waals surface area contributed by atoms with Crippen LogP contribution in [0.2, 0.25) is 0 Å². The van der Waals surface area contributed by atoms with Gasteiger partial charge in [0.05, 0.1) is 0 Å². The highest BCUT2D eigenvalue weighted by atomic mass is 14.7. The van der Waals surface area contributed by atoms with Crippen molar-refractivity contribution in [3.05, 3.63) is 24.9 Å².